The molecule has 2 aromatic rings. The van der Waals surface area contributed by atoms with Gasteiger partial charge in [0.1, 0.15) is 5.82 Å². The molecule has 17 heavy (non-hydrogen) atoms. The lowest BCUT2D eigenvalue weighted by Gasteiger charge is -2.06. The standard InChI is InChI=1S/C11H11FN4O/c1-16-6-14-10(13)9(16)11(17)15-8-4-2-3-7(12)5-8/h2-6H,13H2,1H3,(H,15,17). The fourth-order valence-electron chi connectivity index (χ4n) is 1.48. The first-order valence-corrected chi connectivity index (χ1v) is 4.91. The van der Waals surface area contributed by atoms with Crippen molar-refractivity contribution in [1.82, 2.24) is 9.55 Å². The van der Waals surface area contributed by atoms with E-state index in [0.717, 1.165) is 0 Å². The number of imidazole rings is 1. The number of nitrogen functional groups attached to an aromatic ring is 1. The van der Waals surface area contributed by atoms with Crippen molar-refractivity contribution in [2.75, 3.05) is 11.1 Å². The van der Waals surface area contributed by atoms with E-state index in [9.17, 15) is 9.18 Å². The number of hydrogen-bond donors (Lipinski definition) is 2. The maximum Gasteiger partial charge on any atom is 0.276 e. The summed E-state index contributed by atoms with van der Waals surface area (Å²) >= 11 is 0. The summed E-state index contributed by atoms with van der Waals surface area (Å²) in [6, 6.07) is 5.63. The van der Waals surface area contributed by atoms with Gasteiger partial charge in [-0.15, -0.1) is 0 Å². The lowest BCUT2D eigenvalue weighted by atomic mass is 10.3. The summed E-state index contributed by atoms with van der Waals surface area (Å²) in [4.78, 5) is 15.7. The quantitative estimate of drug-likeness (QED) is 0.824. The Morgan fingerprint density at radius 2 is 2.29 bits per heavy atom. The van der Waals surface area contributed by atoms with E-state index in [2.05, 4.69) is 10.3 Å². The number of rotatable bonds is 2. The van der Waals surface area contributed by atoms with E-state index in [0.29, 0.717) is 5.69 Å². The Hall–Kier alpha value is -2.37. The molecule has 1 aromatic heterocycles. The van der Waals surface area contributed by atoms with Crippen LogP contribution in [0.25, 0.3) is 0 Å². The van der Waals surface area contributed by atoms with Crippen molar-refractivity contribution in [3.63, 3.8) is 0 Å². The van der Waals surface area contributed by atoms with Crippen molar-refractivity contribution >= 4 is 17.4 Å². The van der Waals surface area contributed by atoms with E-state index in [1.54, 1.807) is 13.1 Å². The van der Waals surface area contributed by atoms with Crippen LogP contribution in [0.15, 0.2) is 30.6 Å². The predicted octanol–water partition coefficient (Wildman–Crippen LogP) is 1.39. The number of aryl methyl sites for hydroxylation is 1. The second-order valence-corrected chi connectivity index (χ2v) is 3.55. The van der Waals surface area contributed by atoms with Gasteiger partial charge in [0, 0.05) is 12.7 Å². The minimum Gasteiger partial charge on any atom is -0.382 e. The maximum absolute atomic E-state index is 12.9. The number of nitrogens with one attached hydrogen (secondary N) is 1. The molecule has 0 radical (unpaired) electrons. The van der Waals surface area contributed by atoms with Crippen LogP contribution in [0.1, 0.15) is 10.5 Å². The Labute approximate surface area is 97.1 Å². The van der Waals surface area contributed by atoms with Crippen LogP contribution in [0.3, 0.4) is 0 Å². The number of anilines is 2. The Kier molecular flexibility index (Phi) is 2.78. The molecular weight excluding hydrogens is 223 g/mol. The van der Waals surface area contributed by atoms with Crippen molar-refractivity contribution in [3.8, 4) is 0 Å². The zero-order chi connectivity index (χ0) is 12.4. The van der Waals surface area contributed by atoms with Gasteiger partial charge in [0.05, 0.1) is 6.33 Å². The van der Waals surface area contributed by atoms with Crippen LogP contribution in [0, 0.1) is 5.82 Å². The second-order valence-electron chi connectivity index (χ2n) is 3.55. The number of nitrogens with zero attached hydrogens (tertiary/aromatic N) is 2. The molecule has 88 valence electrons. The Balaban J connectivity index is 2.23. The summed E-state index contributed by atoms with van der Waals surface area (Å²) < 4.78 is 14.4. The summed E-state index contributed by atoms with van der Waals surface area (Å²) in [5.74, 6) is -0.699. The van der Waals surface area contributed by atoms with Gasteiger partial charge < -0.3 is 15.6 Å². The third kappa shape index (κ3) is 2.25. The molecule has 0 fully saturated rings. The molecule has 0 spiro atoms. The van der Waals surface area contributed by atoms with Crippen LogP contribution in [-0.2, 0) is 7.05 Å². The predicted molar refractivity (Wildman–Crippen MR) is 62.0 cm³/mol. The average molecular weight is 234 g/mol. The zero-order valence-electron chi connectivity index (χ0n) is 9.14. The highest BCUT2D eigenvalue weighted by Gasteiger charge is 2.15. The molecule has 0 aliphatic carbocycles. The van der Waals surface area contributed by atoms with E-state index in [4.69, 9.17) is 5.73 Å². The molecule has 0 atom stereocenters. The highest BCUT2D eigenvalue weighted by molar-refractivity contribution is 6.05. The molecule has 2 rings (SSSR count). The van der Waals surface area contributed by atoms with Crippen molar-refractivity contribution in [2.24, 2.45) is 7.05 Å². The van der Waals surface area contributed by atoms with Gasteiger partial charge >= 0.3 is 0 Å². The normalized spacial score (nSPS) is 10.2. The molecule has 0 saturated carbocycles. The van der Waals surface area contributed by atoms with Gasteiger partial charge in [-0.05, 0) is 18.2 Å². The zero-order valence-corrected chi connectivity index (χ0v) is 9.14. The van der Waals surface area contributed by atoms with E-state index in [1.807, 2.05) is 0 Å². The van der Waals surface area contributed by atoms with Crippen molar-refractivity contribution in [3.05, 3.63) is 42.1 Å². The number of carbonyl (C=O) groups is 1. The van der Waals surface area contributed by atoms with Gasteiger partial charge in [-0.1, -0.05) is 6.07 Å². The fourth-order valence-corrected chi connectivity index (χ4v) is 1.48. The maximum atomic E-state index is 12.9. The van der Waals surface area contributed by atoms with E-state index in [-0.39, 0.29) is 11.5 Å². The van der Waals surface area contributed by atoms with Crippen molar-refractivity contribution in [1.29, 1.82) is 0 Å². The van der Waals surface area contributed by atoms with E-state index >= 15 is 0 Å². The molecule has 6 heteroatoms. The second kappa shape index (κ2) is 4.25. The highest BCUT2D eigenvalue weighted by Crippen LogP contribution is 2.13. The van der Waals surface area contributed by atoms with Gasteiger partial charge in [-0.2, -0.15) is 0 Å². The molecule has 1 heterocycles. The molecule has 0 saturated heterocycles. The summed E-state index contributed by atoms with van der Waals surface area (Å²) in [5.41, 5.74) is 6.17. The molecule has 3 N–H and O–H groups in total. The Morgan fingerprint density at radius 1 is 1.53 bits per heavy atom. The number of aromatic nitrogens is 2. The number of nitrogens with two attached hydrogens (primary N) is 1. The number of benzene rings is 1. The van der Waals surface area contributed by atoms with Crippen molar-refractivity contribution < 1.29 is 9.18 Å². The fraction of sp³-hybridized carbons (Fsp3) is 0.0909. The highest BCUT2D eigenvalue weighted by atomic mass is 19.1. The summed E-state index contributed by atoms with van der Waals surface area (Å²) in [7, 11) is 1.66. The molecular formula is C11H11FN4O. The third-order valence-electron chi connectivity index (χ3n) is 2.26. The summed E-state index contributed by atoms with van der Waals surface area (Å²) in [6.45, 7) is 0. The minimum absolute atomic E-state index is 0.140. The number of amides is 1. The first-order chi connectivity index (χ1) is 8.08. The van der Waals surface area contributed by atoms with Crippen LogP contribution in [0.5, 0.6) is 0 Å². The first-order valence-electron chi connectivity index (χ1n) is 4.91. The lowest BCUT2D eigenvalue weighted by Crippen LogP contribution is -2.17. The number of hydrogen-bond acceptors (Lipinski definition) is 3. The summed E-state index contributed by atoms with van der Waals surface area (Å²) in [6.07, 6.45) is 1.44. The molecule has 0 aliphatic heterocycles. The van der Waals surface area contributed by atoms with Gasteiger partial charge in [0.2, 0.25) is 0 Å². The topological polar surface area (TPSA) is 72.9 Å². The summed E-state index contributed by atoms with van der Waals surface area (Å²) in [5, 5.41) is 2.55. The van der Waals surface area contributed by atoms with E-state index in [1.165, 1.54) is 29.1 Å². The average Bonchev–Trinajstić information content (AvgIpc) is 2.58. The molecule has 0 unspecified atom stereocenters. The van der Waals surface area contributed by atoms with E-state index < -0.39 is 11.7 Å². The van der Waals surface area contributed by atoms with Crippen molar-refractivity contribution in [2.45, 2.75) is 0 Å². The van der Waals surface area contributed by atoms with Crippen LogP contribution >= 0.6 is 0 Å². The van der Waals surface area contributed by atoms with Gasteiger partial charge in [-0.25, -0.2) is 9.37 Å². The van der Waals surface area contributed by atoms with Crippen LogP contribution in [0.2, 0.25) is 0 Å². The van der Waals surface area contributed by atoms with Gasteiger partial charge in [0.25, 0.3) is 5.91 Å². The van der Waals surface area contributed by atoms with Crippen LogP contribution < -0.4 is 11.1 Å². The van der Waals surface area contributed by atoms with Crippen LogP contribution in [0.4, 0.5) is 15.9 Å². The smallest absolute Gasteiger partial charge is 0.276 e. The SMILES string of the molecule is Cn1cnc(N)c1C(=O)Nc1cccc(F)c1. The number of halogens is 1. The van der Waals surface area contributed by atoms with Gasteiger partial charge in [-0.3, -0.25) is 4.79 Å². The Morgan fingerprint density at radius 3 is 2.88 bits per heavy atom. The lowest BCUT2D eigenvalue weighted by molar-refractivity contribution is 0.102. The molecule has 0 bridgehead atoms. The largest absolute Gasteiger partial charge is 0.382 e. The molecule has 5 nitrogen and oxygen atoms in total. The first kappa shape index (κ1) is 11.1. The third-order valence-corrected chi connectivity index (χ3v) is 2.26. The Bertz CT molecular complexity index is 545. The molecule has 0 aliphatic rings. The monoisotopic (exact) mass is 234 g/mol. The van der Waals surface area contributed by atoms with Crippen LogP contribution in [-0.4, -0.2) is 15.5 Å². The minimum atomic E-state index is -0.423. The van der Waals surface area contributed by atoms with Gasteiger partial charge in [0.15, 0.2) is 11.5 Å². The molecule has 1 amide bonds. The number of carbonyl (C=O) groups excluding carboxylic acids is 1. The molecule has 1 aromatic carbocycles.